The van der Waals surface area contributed by atoms with E-state index in [1.54, 1.807) is 6.33 Å². The molecule has 1 aromatic rings. The summed E-state index contributed by atoms with van der Waals surface area (Å²) in [6, 6.07) is 0. The molecule has 1 aliphatic carbocycles. The van der Waals surface area contributed by atoms with Crippen molar-refractivity contribution in [1.82, 2.24) is 9.97 Å². The average molecular weight is 262 g/mol. The predicted octanol–water partition coefficient (Wildman–Crippen LogP) is 3.56. The zero-order chi connectivity index (χ0) is 13.9. The summed E-state index contributed by atoms with van der Waals surface area (Å²) in [6.07, 6.45) is 8.16. The Morgan fingerprint density at radius 1 is 1.32 bits per heavy atom. The van der Waals surface area contributed by atoms with Gasteiger partial charge in [-0.1, -0.05) is 33.6 Å². The second-order valence-electron chi connectivity index (χ2n) is 6.09. The van der Waals surface area contributed by atoms with Crippen molar-refractivity contribution in [1.29, 1.82) is 0 Å². The smallest absolute Gasteiger partial charge is 0.134 e. The molecule has 0 amide bonds. The highest BCUT2D eigenvalue weighted by Gasteiger charge is 2.32. The number of nitrogens with zero attached hydrogens (tertiary/aromatic N) is 2. The highest BCUT2D eigenvalue weighted by Crippen LogP contribution is 2.41. The van der Waals surface area contributed by atoms with Gasteiger partial charge in [-0.2, -0.15) is 0 Å². The van der Waals surface area contributed by atoms with Crippen LogP contribution in [0.25, 0.3) is 0 Å². The highest BCUT2D eigenvalue weighted by atomic mass is 15.0. The van der Waals surface area contributed by atoms with Gasteiger partial charge in [0, 0.05) is 12.1 Å². The molecule has 0 saturated heterocycles. The molecule has 0 atom stereocenters. The number of nitrogens with one attached hydrogen (secondary N) is 1. The molecule has 4 heteroatoms. The third kappa shape index (κ3) is 2.99. The SMILES string of the molecule is CCC1(CNc2ncnc(N)c2C(C)C)CCCC1. The van der Waals surface area contributed by atoms with E-state index >= 15 is 0 Å². The minimum absolute atomic E-state index is 0.338. The Hall–Kier alpha value is -1.32. The Kier molecular flexibility index (Phi) is 4.27. The standard InChI is InChI=1S/C15H26N4/c1-4-15(7-5-6-8-15)9-17-14-12(11(2)3)13(16)18-10-19-14/h10-11H,4-9H2,1-3H3,(H3,16,17,18,19). The quantitative estimate of drug-likeness (QED) is 0.851. The van der Waals surface area contributed by atoms with Crippen molar-refractivity contribution in [2.24, 2.45) is 5.41 Å². The number of nitrogen functional groups attached to an aromatic ring is 1. The molecule has 1 aromatic heterocycles. The summed E-state index contributed by atoms with van der Waals surface area (Å²) in [5, 5.41) is 3.54. The molecule has 1 saturated carbocycles. The van der Waals surface area contributed by atoms with E-state index in [0.29, 0.717) is 17.2 Å². The van der Waals surface area contributed by atoms with Gasteiger partial charge in [0.15, 0.2) is 0 Å². The van der Waals surface area contributed by atoms with Gasteiger partial charge in [0.1, 0.15) is 18.0 Å². The number of anilines is 2. The first-order chi connectivity index (χ1) is 9.08. The van der Waals surface area contributed by atoms with Crippen LogP contribution in [0, 0.1) is 5.41 Å². The van der Waals surface area contributed by atoms with Gasteiger partial charge in [-0.25, -0.2) is 9.97 Å². The van der Waals surface area contributed by atoms with Crippen LogP contribution in [0.2, 0.25) is 0 Å². The van der Waals surface area contributed by atoms with E-state index in [1.807, 2.05) is 0 Å². The predicted molar refractivity (Wildman–Crippen MR) is 80.2 cm³/mol. The van der Waals surface area contributed by atoms with E-state index in [2.05, 4.69) is 36.1 Å². The molecule has 1 aliphatic rings. The van der Waals surface area contributed by atoms with E-state index in [1.165, 1.54) is 32.1 Å². The Morgan fingerprint density at radius 2 is 2.00 bits per heavy atom. The fraction of sp³-hybridized carbons (Fsp3) is 0.733. The highest BCUT2D eigenvalue weighted by molar-refractivity contribution is 5.56. The van der Waals surface area contributed by atoms with Crippen LogP contribution in [-0.4, -0.2) is 16.5 Å². The summed E-state index contributed by atoms with van der Waals surface area (Å²) in [5.41, 5.74) is 7.48. The molecular formula is C15H26N4. The van der Waals surface area contributed by atoms with Crippen molar-refractivity contribution in [3.63, 3.8) is 0 Å². The van der Waals surface area contributed by atoms with Crippen LogP contribution in [0.5, 0.6) is 0 Å². The van der Waals surface area contributed by atoms with Gasteiger partial charge in [0.25, 0.3) is 0 Å². The number of aromatic nitrogens is 2. The van der Waals surface area contributed by atoms with Crippen LogP contribution in [0.4, 0.5) is 11.6 Å². The molecule has 0 aromatic carbocycles. The maximum Gasteiger partial charge on any atom is 0.134 e. The monoisotopic (exact) mass is 262 g/mol. The van der Waals surface area contributed by atoms with Gasteiger partial charge < -0.3 is 11.1 Å². The Bertz CT molecular complexity index is 422. The van der Waals surface area contributed by atoms with Crippen LogP contribution in [0.15, 0.2) is 6.33 Å². The summed E-state index contributed by atoms with van der Waals surface area (Å²) in [4.78, 5) is 8.49. The minimum atomic E-state index is 0.338. The van der Waals surface area contributed by atoms with Gasteiger partial charge in [-0.3, -0.25) is 0 Å². The molecule has 3 N–H and O–H groups in total. The molecule has 1 heterocycles. The molecule has 4 nitrogen and oxygen atoms in total. The zero-order valence-electron chi connectivity index (χ0n) is 12.4. The Balaban J connectivity index is 2.13. The minimum Gasteiger partial charge on any atom is -0.383 e. The molecule has 0 radical (unpaired) electrons. The molecule has 19 heavy (non-hydrogen) atoms. The largest absolute Gasteiger partial charge is 0.383 e. The van der Waals surface area contributed by atoms with Crippen LogP contribution in [0.1, 0.15) is 64.4 Å². The average Bonchev–Trinajstić information content (AvgIpc) is 2.85. The third-order valence-corrected chi connectivity index (χ3v) is 4.54. The van der Waals surface area contributed by atoms with E-state index in [9.17, 15) is 0 Å². The van der Waals surface area contributed by atoms with Gasteiger partial charge in [0.2, 0.25) is 0 Å². The van der Waals surface area contributed by atoms with E-state index < -0.39 is 0 Å². The molecule has 2 rings (SSSR count). The second kappa shape index (κ2) is 5.76. The summed E-state index contributed by atoms with van der Waals surface area (Å²) in [6.45, 7) is 7.56. The molecule has 1 fully saturated rings. The molecule has 0 bridgehead atoms. The number of rotatable bonds is 5. The van der Waals surface area contributed by atoms with Crippen molar-refractivity contribution >= 4 is 11.6 Å². The van der Waals surface area contributed by atoms with Crippen LogP contribution in [-0.2, 0) is 0 Å². The van der Waals surface area contributed by atoms with Crippen molar-refractivity contribution in [2.75, 3.05) is 17.6 Å². The lowest BCUT2D eigenvalue weighted by Gasteiger charge is -2.28. The fourth-order valence-corrected chi connectivity index (χ4v) is 3.17. The maximum absolute atomic E-state index is 5.98. The van der Waals surface area contributed by atoms with E-state index in [-0.39, 0.29) is 0 Å². The van der Waals surface area contributed by atoms with Crippen LogP contribution >= 0.6 is 0 Å². The third-order valence-electron chi connectivity index (χ3n) is 4.54. The van der Waals surface area contributed by atoms with Crippen LogP contribution < -0.4 is 11.1 Å². The molecular weight excluding hydrogens is 236 g/mol. The first kappa shape index (κ1) is 14.1. The van der Waals surface area contributed by atoms with E-state index in [0.717, 1.165) is 17.9 Å². The first-order valence-electron chi connectivity index (χ1n) is 7.42. The normalized spacial score (nSPS) is 17.9. The Labute approximate surface area is 116 Å². The molecule has 0 spiro atoms. The summed E-state index contributed by atoms with van der Waals surface area (Å²) >= 11 is 0. The summed E-state index contributed by atoms with van der Waals surface area (Å²) in [7, 11) is 0. The number of hydrogen-bond acceptors (Lipinski definition) is 4. The van der Waals surface area contributed by atoms with Gasteiger partial charge in [-0.15, -0.1) is 0 Å². The summed E-state index contributed by atoms with van der Waals surface area (Å²) in [5.74, 6) is 1.86. The van der Waals surface area contributed by atoms with Crippen molar-refractivity contribution < 1.29 is 0 Å². The van der Waals surface area contributed by atoms with Gasteiger partial charge in [-0.05, 0) is 30.6 Å². The van der Waals surface area contributed by atoms with Crippen molar-refractivity contribution in [2.45, 2.75) is 58.8 Å². The molecule has 0 unspecified atom stereocenters. The fourth-order valence-electron chi connectivity index (χ4n) is 3.17. The lowest BCUT2D eigenvalue weighted by Crippen LogP contribution is -2.27. The van der Waals surface area contributed by atoms with Crippen molar-refractivity contribution in [3.8, 4) is 0 Å². The Morgan fingerprint density at radius 3 is 2.58 bits per heavy atom. The number of hydrogen-bond donors (Lipinski definition) is 2. The first-order valence-corrected chi connectivity index (χ1v) is 7.42. The molecule has 0 aliphatic heterocycles. The topological polar surface area (TPSA) is 63.8 Å². The van der Waals surface area contributed by atoms with Crippen LogP contribution in [0.3, 0.4) is 0 Å². The van der Waals surface area contributed by atoms with Gasteiger partial charge in [0.05, 0.1) is 0 Å². The van der Waals surface area contributed by atoms with E-state index in [4.69, 9.17) is 5.73 Å². The van der Waals surface area contributed by atoms with Gasteiger partial charge >= 0.3 is 0 Å². The number of nitrogens with two attached hydrogens (primary N) is 1. The lowest BCUT2D eigenvalue weighted by atomic mass is 9.83. The lowest BCUT2D eigenvalue weighted by molar-refractivity contribution is 0.306. The summed E-state index contributed by atoms with van der Waals surface area (Å²) < 4.78 is 0. The van der Waals surface area contributed by atoms with Crippen molar-refractivity contribution in [3.05, 3.63) is 11.9 Å². The molecule has 106 valence electrons. The zero-order valence-corrected chi connectivity index (χ0v) is 12.4. The second-order valence-corrected chi connectivity index (χ2v) is 6.09. The maximum atomic E-state index is 5.98.